The van der Waals surface area contributed by atoms with Gasteiger partial charge in [-0.1, -0.05) is 48.5 Å². The first-order valence-electron chi connectivity index (χ1n) is 15.9. The number of hydrogen-bond acceptors (Lipinski definition) is 8. The molecule has 0 radical (unpaired) electrons. The molecule has 10 heteroatoms. The van der Waals surface area contributed by atoms with Gasteiger partial charge < -0.3 is 38.8 Å². The molecule has 5 rings (SSSR count). The molecule has 2 aliphatic rings. The number of fused-ring (bicyclic) bond motifs is 1. The Hall–Kier alpha value is -4.28. The van der Waals surface area contributed by atoms with E-state index in [0.29, 0.717) is 39.5 Å². The van der Waals surface area contributed by atoms with Gasteiger partial charge in [0, 0.05) is 52.1 Å². The van der Waals surface area contributed by atoms with Crippen molar-refractivity contribution in [1.29, 1.82) is 0 Å². The zero-order valence-electron chi connectivity index (χ0n) is 27.0. The number of hydrogen-bond donors (Lipinski definition) is 1. The topological polar surface area (TPSA) is 98.8 Å². The molecule has 10 nitrogen and oxygen atoms in total. The minimum atomic E-state index is -0.406. The second kappa shape index (κ2) is 16.3. The van der Waals surface area contributed by atoms with Crippen molar-refractivity contribution in [3.8, 4) is 11.5 Å². The number of anilines is 1. The molecule has 2 aliphatic heterocycles. The van der Waals surface area contributed by atoms with Crippen molar-refractivity contribution >= 4 is 17.7 Å². The van der Waals surface area contributed by atoms with E-state index in [-0.39, 0.29) is 30.5 Å². The number of benzene rings is 3. The first-order chi connectivity index (χ1) is 22.4. The quantitative estimate of drug-likeness (QED) is 0.263. The lowest BCUT2D eigenvalue weighted by Crippen LogP contribution is -2.53. The molecule has 3 aromatic carbocycles. The maximum Gasteiger partial charge on any atom is 0.410 e. The zero-order valence-corrected chi connectivity index (χ0v) is 27.0. The summed E-state index contributed by atoms with van der Waals surface area (Å²) in [5, 5.41) is 2.98. The number of rotatable bonds is 13. The average molecular weight is 632 g/mol. The van der Waals surface area contributed by atoms with E-state index in [1.165, 1.54) is 6.92 Å². The lowest BCUT2D eigenvalue weighted by molar-refractivity contribution is -0.119. The first-order valence-corrected chi connectivity index (χ1v) is 15.9. The molecule has 0 bridgehead atoms. The monoisotopic (exact) mass is 631 g/mol. The predicted octanol–water partition coefficient (Wildman–Crippen LogP) is 5.00. The van der Waals surface area contributed by atoms with Crippen LogP contribution in [0.25, 0.3) is 0 Å². The minimum absolute atomic E-state index is 0.0950. The summed E-state index contributed by atoms with van der Waals surface area (Å²) >= 11 is 0. The maximum absolute atomic E-state index is 13.4. The summed E-state index contributed by atoms with van der Waals surface area (Å²) in [7, 11) is 3.36. The number of carbonyl (C=O) groups is 2. The summed E-state index contributed by atoms with van der Waals surface area (Å²) in [5.41, 5.74) is 4.03. The maximum atomic E-state index is 13.4. The second-order valence-corrected chi connectivity index (χ2v) is 11.8. The van der Waals surface area contributed by atoms with Crippen molar-refractivity contribution < 1.29 is 33.3 Å². The molecule has 3 aromatic rings. The highest BCUT2D eigenvalue weighted by atomic mass is 16.6. The van der Waals surface area contributed by atoms with Crippen LogP contribution in [0.15, 0.2) is 72.8 Å². The van der Waals surface area contributed by atoms with Gasteiger partial charge in [-0.05, 0) is 47.4 Å². The molecule has 2 amide bonds. The van der Waals surface area contributed by atoms with Crippen molar-refractivity contribution in [2.75, 3.05) is 65.1 Å². The van der Waals surface area contributed by atoms with Gasteiger partial charge in [-0.25, -0.2) is 4.79 Å². The Morgan fingerprint density at radius 2 is 1.76 bits per heavy atom. The van der Waals surface area contributed by atoms with Crippen LogP contribution in [0, 0.1) is 5.92 Å². The molecule has 0 saturated carbocycles. The minimum Gasteiger partial charge on any atom is -0.497 e. The molecule has 3 atom stereocenters. The number of piperidine rings is 1. The van der Waals surface area contributed by atoms with Crippen LogP contribution in [0.3, 0.4) is 0 Å². The third-order valence-corrected chi connectivity index (χ3v) is 8.56. The van der Waals surface area contributed by atoms with E-state index in [2.05, 4.69) is 16.3 Å². The standard InChI is InChI=1S/C36H45N3O7/c1-26(40)37-21-30-22-39(36(41)46-24-27-8-5-4-6-9-27)23-34(35(30)29-11-13-31(43-3)14-12-29)45-25-28-10-15-33-32(20-28)38(17-19-44-33)16-7-18-42-2/h4-6,8-15,20,30,34-35H,7,16-19,21-25H2,1-3H3,(H,37,40)/t30-,34+,35+/m1/s1. The van der Waals surface area contributed by atoms with Gasteiger partial charge in [0.2, 0.25) is 5.91 Å². The summed E-state index contributed by atoms with van der Waals surface area (Å²) in [6.07, 6.45) is 0.153. The summed E-state index contributed by atoms with van der Waals surface area (Å²) in [5.74, 6) is 1.29. The van der Waals surface area contributed by atoms with Gasteiger partial charge in [-0.15, -0.1) is 0 Å². The van der Waals surface area contributed by atoms with E-state index < -0.39 is 6.09 Å². The van der Waals surface area contributed by atoms with Crippen molar-refractivity contribution in [3.05, 3.63) is 89.5 Å². The molecule has 0 spiro atoms. The summed E-state index contributed by atoms with van der Waals surface area (Å²) in [6, 6.07) is 23.7. The SMILES string of the molecule is COCCCN1CCOc2ccc(CO[C@H]3CN(C(=O)OCc4ccccc4)C[C@@H](CNC(C)=O)[C@@H]3c3ccc(OC)cc3)cc21. The van der Waals surface area contributed by atoms with Crippen molar-refractivity contribution in [3.63, 3.8) is 0 Å². The summed E-state index contributed by atoms with van der Waals surface area (Å²) < 4.78 is 29.1. The van der Waals surface area contributed by atoms with Gasteiger partial charge in [0.1, 0.15) is 24.7 Å². The number of nitrogens with one attached hydrogen (secondary N) is 1. The Labute approximate surface area is 271 Å². The molecular formula is C36H45N3O7. The highest BCUT2D eigenvalue weighted by molar-refractivity contribution is 5.73. The van der Waals surface area contributed by atoms with Crippen LogP contribution in [-0.4, -0.2) is 83.2 Å². The van der Waals surface area contributed by atoms with Gasteiger partial charge >= 0.3 is 6.09 Å². The molecule has 1 saturated heterocycles. The molecule has 0 unspecified atom stereocenters. The van der Waals surface area contributed by atoms with Gasteiger partial charge in [0.25, 0.3) is 0 Å². The normalized spacial score (nSPS) is 19.2. The predicted molar refractivity (Wildman–Crippen MR) is 175 cm³/mol. The van der Waals surface area contributed by atoms with Gasteiger partial charge in [0.15, 0.2) is 0 Å². The molecule has 0 aromatic heterocycles. The number of likely N-dealkylation sites (tertiary alicyclic amines) is 1. The fourth-order valence-electron chi connectivity index (χ4n) is 6.24. The van der Waals surface area contributed by atoms with Crippen molar-refractivity contribution in [2.24, 2.45) is 5.92 Å². The molecule has 1 fully saturated rings. The van der Waals surface area contributed by atoms with Crippen LogP contribution in [0.5, 0.6) is 11.5 Å². The third-order valence-electron chi connectivity index (χ3n) is 8.56. The van der Waals surface area contributed by atoms with Crippen molar-refractivity contribution in [1.82, 2.24) is 10.2 Å². The van der Waals surface area contributed by atoms with Crippen LogP contribution >= 0.6 is 0 Å². The van der Waals surface area contributed by atoms with Crippen LogP contribution in [0.1, 0.15) is 36.0 Å². The molecular weight excluding hydrogens is 586 g/mol. The van der Waals surface area contributed by atoms with E-state index in [1.54, 1.807) is 19.1 Å². The van der Waals surface area contributed by atoms with Gasteiger partial charge in [0.05, 0.1) is 38.6 Å². The van der Waals surface area contributed by atoms with Crippen LogP contribution in [0.4, 0.5) is 10.5 Å². The van der Waals surface area contributed by atoms with E-state index in [9.17, 15) is 9.59 Å². The lowest BCUT2D eigenvalue weighted by Gasteiger charge is -2.43. The Balaban J connectivity index is 1.38. The van der Waals surface area contributed by atoms with E-state index in [1.807, 2.05) is 66.7 Å². The number of nitrogens with zero attached hydrogens (tertiary/aromatic N) is 2. The second-order valence-electron chi connectivity index (χ2n) is 11.8. The molecule has 246 valence electrons. The Bertz CT molecular complexity index is 1420. The van der Waals surface area contributed by atoms with Crippen LogP contribution in [0.2, 0.25) is 0 Å². The van der Waals surface area contributed by atoms with Gasteiger partial charge in [-0.3, -0.25) is 4.79 Å². The smallest absolute Gasteiger partial charge is 0.410 e. The lowest BCUT2D eigenvalue weighted by atomic mass is 9.78. The fourth-order valence-corrected chi connectivity index (χ4v) is 6.24. The van der Waals surface area contributed by atoms with Crippen molar-refractivity contribution in [2.45, 2.75) is 38.6 Å². The number of carbonyl (C=O) groups excluding carboxylic acids is 2. The highest BCUT2D eigenvalue weighted by Crippen LogP contribution is 2.38. The fraction of sp³-hybridized carbons (Fsp3) is 0.444. The van der Waals surface area contributed by atoms with E-state index >= 15 is 0 Å². The van der Waals surface area contributed by atoms with E-state index in [4.69, 9.17) is 23.7 Å². The third kappa shape index (κ3) is 8.70. The number of ether oxygens (including phenoxy) is 5. The summed E-state index contributed by atoms with van der Waals surface area (Å²) in [4.78, 5) is 29.5. The number of methoxy groups -OCH3 is 2. The summed E-state index contributed by atoms with van der Waals surface area (Å²) in [6.45, 7) is 6.21. The average Bonchev–Trinajstić information content (AvgIpc) is 3.09. The zero-order chi connectivity index (χ0) is 32.3. The number of amides is 2. The largest absolute Gasteiger partial charge is 0.497 e. The van der Waals surface area contributed by atoms with E-state index in [0.717, 1.165) is 53.4 Å². The van der Waals surface area contributed by atoms with Crippen LogP contribution < -0.4 is 19.7 Å². The van der Waals surface area contributed by atoms with Gasteiger partial charge in [-0.2, -0.15) is 0 Å². The Morgan fingerprint density at radius 3 is 2.50 bits per heavy atom. The highest BCUT2D eigenvalue weighted by Gasteiger charge is 2.41. The Kier molecular flexibility index (Phi) is 11.7. The Morgan fingerprint density at radius 1 is 0.957 bits per heavy atom. The molecule has 2 heterocycles. The molecule has 46 heavy (non-hydrogen) atoms. The molecule has 0 aliphatic carbocycles. The van der Waals surface area contributed by atoms with Crippen LogP contribution in [-0.2, 0) is 32.2 Å². The molecule has 1 N–H and O–H groups in total. The first kappa shape index (κ1) is 33.1.